The first-order chi connectivity index (χ1) is 13.8. The Morgan fingerprint density at radius 3 is 3.04 bits per heavy atom. The van der Waals surface area contributed by atoms with E-state index in [0.29, 0.717) is 18.4 Å². The molecule has 0 bridgehead atoms. The van der Waals surface area contributed by atoms with E-state index >= 15 is 0 Å². The van der Waals surface area contributed by atoms with Gasteiger partial charge in [0.05, 0.1) is 5.69 Å². The summed E-state index contributed by atoms with van der Waals surface area (Å²) in [5, 5.41) is 4.30. The Labute approximate surface area is 163 Å². The van der Waals surface area contributed by atoms with Gasteiger partial charge in [-0.3, -0.25) is 0 Å². The molecule has 1 aliphatic heterocycles. The smallest absolute Gasteiger partial charge is 0.225 e. The number of pyridine rings is 1. The molecule has 5 heteroatoms. The van der Waals surface area contributed by atoms with E-state index in [9.17, 15) is 0 Å². The molecule has 0 radical (unpaired) electrons. The predicted molar refractivity (Wildman–Crippen MR) is 106 cm³/mol. The van der Waals surface area contributed by atoms with Gasteiger partial charge >= 0.3 is 0 Å². The molecule has 3 heterocycles. The summed E-state index contributed by atoms with van der Waals surface area (Å²) in [4.78, 5) is 4.67. The topological polar surface area (TPSA) is 49.2 Å². The second kappa shape index (κ2) is 6.23. The molecule has 1 fully saturated rings. The molecule has 0 amide bonds. The highest BCUT2D eigenvalue weighted by atomic mass is 16.5. The number of hydrogen-bond acceptors (Lipinski definition) is 4. The standard InChI is InChI=1S/C23H21N3O2/c1-3-15-11-16(15)13-19(4-1)28-22-8-7-21-20-6-5-18(26-10-2-9-24-26)12-17(20)14-27-23(21)25-22/h2-3,5-10,12,16,19H,1,4,11,13-14H2/t16-,19+/m1/s1. The predicted octanol–water partition coefficient (Wildman–Crippen LogP) is 4.70. The molecule has 0 saturated heterocycles. The van der Waals surface area contributed by atoms with Crippen molar-refractivity contribution in [2.75, 3.05) is 0 Å². The SMILES string of the molecule is C1=C2C[C@@H]2C[C@@H](Oc2ccc3c(n2)OCc2cc(-n4cccn4)ccc2-3)CC1. The molecule has 0 spiro atoms. The third-order valence-corrected chi connectivity index (χ3v) is 5.92. The van der Waals surface area contributed by atoms with Crippen molar-refractivity contribution < 1.29 is 9.47 Å². The van der Waals surface area contributed by atoms with Crippen LogP contribution in [-0.2, 0) is 6.61 Å². The van der Waals surface area contributed by atoms with E-state index in [-0.39, 0.29) is 6.10 Å². The summed E-state index contributed by atoms with van der Waals surface area (Å²) in [7, 11) is 0. The molecule has 140 valence electrons. The number of aromatic nitrogens is 3. The van der Waals surface area contributed by atoms with Crippen molar-refractivity contribution in [3.05, 3.63) is 66.0 Å². The molecule has 2 aliphatic carbocycles. The third kappa shape index (κ3) is 2.78. The Kier molecular flexibility index (Phi) is 3.54. The van der Waals surface area contributed by atoms with Crippen LogP contribution in [0.1, 0.15) is 31.2 Å². The minimum atomic E-state index is 0.249. The van der Waals surface area contributed by atoms with Crippen LogP contribution in [0.4, 0.5) is 0 Å². The number of fused-ring (bicyclic) bond motifs is 4. The number of ether oxygens (including phenoxy) is 2. The van der Waals surface area contributed by atoms with Gasteiger partial charge in [0, 0.05) is 24.0 Å². The molecule has 2 aromatic heterocycles. The van der Waals surface area contributed by atoms with E-state index in [1.54, 1.807) is 11.8 Å². The summed E-state index contributed by atoms with van der Waals surface area (Å²) in [6.07, 6.45) is 10.9. The largest absolute Gasteiger partial charge is 0.474 e. The molecule has 6 rings (SSSR count). The zero-order valence-corrected chi connectivity index (χ0v) is 15.5. The number of rotatable bonds is 3. The first-order valence-corrected chi connectivity index (χ1v) is 9.96. The fraction of sp³-hybridized carbons (Fsp3) is 0.304. The zero-order valence-electron chi connectivity index (χ0n) is 15.5. The Hall–Kier alpha value is -3.08. The summed E-state index contributed by atoms with van der Waals surface area (Å²) in [5.41, 5.74) is 5.99. The molecular weight excluding hydrogens is 350 g/mol. The second-order valence-corrected chi connectivity index (χ2v) is 7.82. The average molecular weight is 371 g/mol. The van der Waals surface area contributed by atoms with Crippen molar-refractivity contribution in [2.45, 2.75) is 38.4 Å². The molecule has 5 nitrogen and oxygen atoms in total. The fourth-order valence-corrected chi connectivity index (χ4v) is 4.35. The van der Waals surface area contributed by atoms with Crippen LogP contribution in [0, 0.1) is 5.92 Å². The molecule has 0 unspecified atom stereocenters. The summed E-state index contributed by atoms with van der Waals surface area (Å²) >= 11 is 0. The van der Waals surface area contributed by atoms with Gasteiger partial charge in [0.25, 0.3) is 0 Å². The number of nitrogens with zero attached hydrogens (tertiary/aromatic N) is 3. The Balaban J connectivity index is 1.26. The lowest BCUT2D eigenvalue weighted by Gasteiger charge is -2.22. The minimum Gasteiger partial charge on any atom is -0.474 e. The second-order valence-electron chi connectivity index (χ2n) is 7.82. The van der Waals surface area contributed by atoms with Gasteiger partial charge in [-0.1, -0.05) is 17.7 Å². The summed E-state index contributed by atoms with van der Waals surface area (Å²) in [5.74, 6) is 2.08. The van der Waals surface area contributed by atoms with Crippen molar-refractivity contribution in [3.63, 3.8) is 0 Å². The van der Waals surface area contributed by atoms with Crippen LogP contribution in [0.25, 0.3) is 16.8 Å². The molecule has 3 aromatic rings. The quantitative estimate of drug-likeness (QED) is 0.626. The van der Waals surface area contributed by atoms with E-state index < -0.39 is 0 Å². The maximum absolute atomic E-state index is 6.22. The molecule has 28 heavy (non-hydrogen) atoms. The van der Waals surface area contributed by atoms with Gasteiger partial charge < -0.3 is 9.47 Å². The maximum Gasteiger partial charge on any atom is 0.225 e. The third-order valence-electron chi connectivity index (χ3n) is 5.92. The Morgan fingerprint density at radius 2 is 2.11 bits per heavy atom. The van der Waals surface area contributed by atoms with Crippen molar-refractivity contribution in [1.29, 1.82) is 0 Å². The average Bonchev–Trinajstić information content (AvgIpc) is 3.26. The van der Waals surface area contributed by atoms with Gasteiger partial charge in [0.1, 0.15) is 12.7 Å². The minimum absolute atomic E-state index is 0.249. The summed E-state index contributed by atoms with van der Waals surface area (Å²) in [6, 6.07) is 12.3. The maximum atomic E-state index is 6.22. The van der Waals surface area contributed by atoms with Crippen LogP contribution in [0.5, 0.6) is 11.8 Å². The number of hydrogen-bond donors (Lipinski definition) is 0. The first-order valence-electron chi connectivity index (χ1n) is 9.96. The monoisotopic (exact) mass is 371 g/mol. The van der Waals surface area contributed by atoms with Crippen LogP contribution in [0.3, 0.4) is 0 Å². The van der Waals surface area contributed by atoms with E-state index in [4.69, 9.17) is 9.47 Å². The lowest BCUT2D eigenvalue weighted by Crippen LogP contribution is -2.18. The van der Waals surface area contributed by atoms with E-state index in [0.717, 1.165) is 47.6 Å². The highest BCUT2D eigenvalue weighted by Gasteiger charge is 2.34. The van der Waals surface area contributed by atoms with E-state index in [2.05, 4.69) is 40.4 Å². The molecular formula is C23H21N3O2. The van der Waals surface area contributed by atoms with E-state index in [1.165, 1.54) is 6.42 Å². The molecule has 2 atom stereocenters. The van der Waals surface area contributed by atoms with Crippen molar-refractivity contribution in [3.8, 4) is 28.6 Å². The van der Waals surface area contributed by atoms with Crippen molar-refractivity contribution in [2.24, 2.45) is 5.92 Å². The van der Waals surface area contributed by atoms with Crippen molar-refractivity contribution >= 4 is 0 Å². The van der Waals surface area contributed by atoms with Gasteiger partial charge in [0.15, 0.2) is 0 Å². The van der Waals surface area contributed by atoms with Crippen LogP contribution in [0.2, 0.25) is 0 Å². The van der Waals surface area contributed by atoms with Crippen LogP contribution >= 0.6 is 0 Å². The normalized spacial score (nSPS) is 22.1. The van der Waals surface area contributed by atoms with Crippen LogP contribution in [-0.4, -0.2) is 20.9 Å². The number of benzene rings is 1. The first kappa shape index (κ1) is 15.9. The molecule has 3 aliphatic rings. The highest BCUT2D eigenvalue weighted by molar-refractivity contribution is 5.74. The zero-order chi connectivity index (χ0) is 18.5. The van der Waals surface area contributed by atoms with Gasteiger partial charge in [-0.05, 0) is 67.0 Å². The van der Waals surface area contributed by atoms with Gasteiger partial charge in [-0.15, -0.1) is 0 Å². The van der Waals surface area contributed by atoms with Gasteiger partial charge in [-0.25, -0.2) is 4.68 Å². The lowest BCUT2D eigenvalue weighted by atomic mass is 9.98. The van der Waals surface area contributed by atoms with Crippen LogP contribution in [0.15, 0.2) is 60.4 Å². The Morgan fingerprint density at radius 1 is 1.14 bits per heavy atom. The van der Waals surface area contributed by atoms with Crippen LogP contribution < -0.4 is 9.47 Å². The lowest BCUT2D eigenvalue weighted by molar-refractivity contribution is 0.168. The highest BCUT2D eigenvalue weighted by Crippen LogP contribution is 2.45. The van der Waals surface area contributed by atoms with Crippen molar-refractivity contribution in [1.82, 2.24) is 14.8 Å². The number of allylic oxidation sites excluding steroid dienone is 2. The van der Waals surface area contributed by atoms with E-state index in [1.807, 2.05) is 23.0 Å². The van der Waals surface area contributed by atoms with Gasteiger partial charge in [-0.2, -0.15) is 10.1 Å². The molecule has 0 N–H and O–H groups in total. The molecule has 1 saturated carbocycles. The molecule has 1 aromatic carbocycles. The Bertz CT molecular complexity index is 1070. The van der Waals surface area contributed by atoms with Gasteiger partial charge in [0.2, 0.25) is 11.8 Å². The summed E-state index contributed by atoms with van der Waals surface area (Å²) in [6.45, 7) is 0.507. The summed E-state index contributed by atoms with van der Waals surface area (Å²) < 4.78 is 14.1. The fourth-order valence-electron chi connectivity index (χ4n) is 4.35.